The van der Waals surface area contributed by atoms with E-state index in [-0.39, 0.29) is 22.2 Å². The van der Waals surface area contributed by atoms with Gasteiger partial charge in [0.25, 0.3) is 5.91 Å². The van der Waals surface area contributed by atoms with Crippen molar-refractivity contribution in [3.63, 3.8) is 0 Å². The van der Waals surface area contributed by atoms with Crippen molar-refractivity contribution in [3.05, 3.63) is 120 Å². The Kier molecular flexibility index (Phi) is 7.12. The smallest absolute Gasteiger partial charge is 0.273 e. The number of sulfone groups is 1. The molecule has 0 saturated heterocycles. The zero-order chi connectivity index (χ0) is 24.8. The van der Waals surface area contributed by atoms with Gasteiger partial charge in [-0.25, -0.2) is 12.8 Å². The molecule has 0 heterocycles. The number of carbonyl (C=O) groups excluding carboxylic acids is 1. The average Bonchev–Trinajstić information content (AvgIpc) is 2.87. The summed E-state index contributed by atoms with van der Waals surface area (Å²) in [6, 6.07) is 25.4. The fourth-order valence-electron chi connectivity index (χ4n) is 3.29. The van der Waals surface area contributed by atoms with Gasteiger partial charge in [0.05, 0.1) is 21.0 Å². The summed E-state index contributed by atoms with van der Waals surface area (Å²) in [7, 11) is -3.64. The van der Waals surface area contributed by atoms with Crippen LogP contribution in [0.4, 0.5) is 10.1 Å². The van der Waals surface area contributed by atoms with E-state index in [2.05, 4.69) is 10.9 Å². The lowest BCUT2D eigenvalue weighted by atomic mass is 10.2. The number of nitrogens with one attached hydrogen (secondary N) is 2. The lowest BCUT2D eigenvalue weighted by Crippen LogP contribution is -2.29. The molecule has 0 unspecified atom stereocenters. The summed E-state index contributed by atoms with van der Waals surface area (Å²) < 4.78 is 44.5. The van der Waals surface area contributed by atoms with E-state index in [1.807, 2.05) is 6.92 Å². The molecule has 6 nitrogen and oxygen atoms in total. The van der Waals surface area contributed by atoms with Gasteiger partial charge in [-0.05, 0) is 73.2 Å². The summed E-state index contributed by atoms with van der Waals surface area (Å²) in [4.78, 5) is 13.1. The van der Waals surface area contributed by atoms with E-state index >= 15 is 0 Å². The molecule has 0 saturated carbocycles. The van der Waals surface area contributed by atoms with Crippen LogP contribution < -0.4 is 15.6 Å². The lowest BCUT2D eigenvalue weighted by Gasteiger charge is -2.13. The molecule has 8 heteroatoms. The van der Waals surface area contributed by atoms with Gasteiger partial charge in [0.15, 0.2) is 0 Å². The number of amides is 1. The predicted molar refractivity (Wildman–Crippen MR) is 131 cm³/mol. The zero-order valence-electron chi connectivity index (χ0n) is 18.9. The average molecular weight is 491 g/mol. The number of carbonyl (C=O) groups is 1. The Hall–Kier alpha value is -4.17. The molecular weight excluding hydrogens is 467 g/mol. The Labute approximate surface area is 203 Å². The number of halogens is 1. The molecule has 0 radical (unpaired) electrons. The van der Waals surface area contributed by atoms with Crippen LogP contribution in [0.3, 0.4) is 0 Å². The van der Waals surface area contributed by atoms with Crippen molar-refractivity contribution in [2.75, 3.05) is 5.43 Å². The highest BCUT2D eigenvalue weighted by atomic mass is 32.2. The van der Waals surface area contributed by atoms with Gasteiger partial charge in [-0.3, -0.25) is 15.6 Å². The van der Waals surface area contributed by atoms with Gasteiger partial charge in [-0.15, -0.1) is 0 Å². The highest BCUT2D eigenvalue weighted by Gasteiger charge is 2.17. The van der Waals surface area contributed by atoms with Crippen LogP contribution in [0.25, 0.3) is 0 Å². The number of rotatable bonds is 8. The summed E-state index contributed by atoms with van der Waals surface area (Å²) >= 11 is 0. The number of hydrogen-bond acceptors (Lipinski definition) is 5. The fourth-order valence-corrected chi connectivity index (χ4v) is 4.55. The Bertz CT molecular complexity index is 1420. The summed E-state index contributed by atoms with van der Waals surface area (Å²) in [6.45, 7) is 2.07. The van der Waals surface area contributed by atoms with E-state index in [0.717, 1.165) is 11.1 Å². The van der Waals surface area contributed by atoms with E-state index in [1.165, 1.54) is 24.3 Å². The fraction of sp³-hybridized carbons (Fsp3) is 0.0741. The monoisotopic (exact) mass is 490 g/mol. The number of benzene rings is 4. The van der Waals surface area contributed by atoms with Gasteiger partial charge in [0, 0.05) is 0 Å². The topological polar surface area (TPSA) is 84.5 Å². The van der Waals surface area contributed by atoms with Crippen LogP contribution in [0.15, 0.2) is 107 Å². The predicted octanol–water partition coefficient (Wildman–Crippen LogP) is 5.30. The van der Waals surface area contributed by atoms with Gasteiger partial charge in [-0.1, -0.05) is 42.0 Å². The van der Waals surface area contributed by atoms with Gasteiger partial charge in [0.2, 0.25) is 9.84 Å². The molecule has 4 aromatic rings. The zero-order valence-corrected chi connectivity index (χ0v) is 19.7. The molecule has 0 aliphatic heterocycles. The molecule has 0 bridgehead atoms. The Morgan fingerprint density at radius 2 is 1.43 bits per heavy atom. The summed E-state index contributed by atoms with van der Waals surface area (Å²) in [5.74, 6) is -0.396. The molecule has 178 valence electrons. The van der Waals surface area contributed by atoms with E-state index < -0.39 is 15.7 Å². The molecule has 0 spiro atoms. The molecule has 0 fully saturated rings. The molecule has 35 heavy (non-hydrogen) atoms. The first kappa shape index (κ1) is 24.0. The standard InChI is InChI=1S/C27H23FN2O4S/c1-19-6-14-23(15-7-19)35(32,33)24-16-12-22(13-17-24)29-30-27(31)25-4-2-3-5-26(25)34-18-20-8-10-21(28)11-9-20/h2-17,29H,18H2,1H3,(H,30,31). The van der Waals surface area contributed by atoms with E-state index in [0.29, 0.717) is 17.0 Å². The SMILES string of the molecule is Cc1ccc(S(=O)(=O)c2ccc(NNC(=O)c3ccccc3OCc3ccc(F)cc3)cc2)cc1. The van der Waals surface area contributed by atoms with Crippen molar-refractivity contribution in [1.29, 1.82) is 0 Å². The number of anilines is 1. The maximum Gasteiger partial charge on any atom is 0.273 e. The molecule has 4 aromatic carbocycles. The van der Waals surface area contributed by atoms with Crippen molar-refractivity contribution in [2.45, 2.75) is 23.3 Å². The third kappa shape index (κ3) is 5.85. The van der Waals surface area contributed by atoms with Gasteiger partial charge in [-0.2, -0.15) is 0 Å². The number of hydrogen-bond donors (Lipinski definition) is 2. The minimum Gasteiger partial charge on any atom is -0.488 e. The number of hydrazine groups is 1. The van der Waals surface area contributed by atoms with Crippen LogP contribution >= 0.6 is 0 Å². The number of ether oxygens (including phenoxy) is 1. The van der Waals surface area contributed by atoms with E-state index in [1.54, 1.807) is 72.8 Å². The molecule has 0 atom stereocenters. The Balaban J connectivity index is 1.40. The molecule has 0 aromatic heterocycles. The van der Waals surface area contributed by atoms with Crippen LogP contribution in [-0.4, -0.2) is 14.3 Å². The van der Waals surface area contributed by atoms with Crippen molar-refractivity contribution in [1.82, 2.24) is 5.43 Å². The first-order valence-electron chi connectivity index (χ1n) is 10.8. The molecule has 0 aliphatic rings. The Morgan fingerprint density at radius 3 is 2.09 bits per heavy atom. The van der Waals surface area contributed by atoms with Crippen LogP contribution in [0, 0.1) is 12.7 Å². The van der Waals surface area contributed by atoms with Crippen molar-refractivity contribution < 1.29 is 22.3 Å². The maximum absolute atomic E-state index is 13.1. The molecule has 4 rings (SSSR count). The third-order valence-corrected chi connectivity index (χ3v) is 7.04. The number of para-hydroxylation sites is 1. The van der Waals surface area contributed by atoms with Gasteiger partial charge >= 0.3 is 0 Å². The second kappa shape index (κ2) is 10.4. The van der Waals surface area contributed by atoms with E-state index in [4.69, 9.17) is 4.74 Å². The molecule has 2 N–H and O–H groups in total. The third-order valence-electron chi connectivity index (χ3n) is 5.26. The molecule has 1 amide bonds. The molecule has 0 aliphatic carbocycles. The quantitative estimate of drug-likeness (QED) is 0.327. The first-order valence-corrected chi connectivity index (χ1v) is 12.3. The van der Waals surface area contributed by atoms with Gasteiger partial charge in [0.1, 0.15) is 18.2 Å². The van der Waals surface area contributed by atoms with Crippen LogP contribution in [0.5, 0.6) is 5.75 Å². The van der Waals surface area contributed by atoms with Crippen molar-refractivity contribution >= 4 is 21.4 Å². The minimum absolute atomic E-state index is 0.151. The second-order valence-corrected chi connectivity index (χ2v) is 9.78. The van der Waals surface area contributed by atoms with Crippen molar-refractivity contribution in [2.24, 2.45) is 0 Å². The highest BCUT2D eigenvalue weighted by Crippen LogP contribution is 2.23. The first-order chi connectivity index (χ1) is 16.8. The normalized spacial score (nSPS) is 11.0. The van der Waals surface area contributed by atoms with Crippen molar-refractivity contribution in [3.8, 4) is 5.75 Å². The highest BCUT2D eigenvalue weighted by molar-refractivity contribution is 7.91. The van der Waals surface area contributed by atoms with Crippen LogP contribution in [-0.2, 0) is 16.4 Å². The Morgan fingerprint density at radius 1 is 0.829 bits per heavy atom. The summed E-state index contributed by atoms with van der Waals surface area (Å²) in [5.41, 5.74) is 7.92. The lowest BCUT2D eigenvalue weighted by molar-refractivity contribution is 0.0958. The van der Waals surface area contributed by atoms with E-state index in [9.17, 15) is 17.6 Å². The second-order valence-electron chi connectivity index (χ2n) is 7.83. The largest absolute Gasteiger partial charge is 0.488 e. The van der Waals surface area contributed by atoms with Crippen LogP contribution in [0.1, 0.15) is 21.5 Å². The van der Waals surface area contributed by atoms with Crippen LogP contribution in [0.2, 0.25) is 0 Å². The van der Waals surface area contributed by atoms with Gasteiger partial charge < -0.3 is 4.74 Å². The minimum atomic E-state index is -3.64. The summed E-state index contributed by atoms with van der Waals surface area (Å²) in [5, 5.41) is 0. The maximum atomic E-state index is 13.1. The molecular formula is C27H23FN2O4S. The number of aryl methyl sites for hydroxylation is 1. The summed E-state index contributed by atoms with van der Waals surface area (Å²) in [6.07, 6.45) is 0.